The summed E-state index contributed by atoms with van der Waals surface area (Å²) < 4.78 is 4.63. The number of halogens is 1. The number of piperazine rings is 1. The molecule has 1 saturated heterocycles. The molecule has 1 amide bonds. The van der Waals surface area contributed by atoms with Crippen LogP contribution in [0.2, 0.25) is 5.02 Å². The Bertz CT molecular complexity index is 527. The molecule has 7 heteroatoms. The van der Waals surface area contributed by atoms with Crippen LogP contribution in [0.1, 0.15) is 10.4 Å². The summed E-state index contributed by atoms with van der Waals surface area (Å²) in [6.45, 7) is 2.02. The zero-order valence-electron chi connectivity index (χ0n) is 11.0. The number of carbonyl (C=O) groups is 2. The molecule has 1 aromatic carbocycles. The zero-order valence-corrected chi connectivity index (χ0v) is 11.8. The summed E-state index contributed by atoms with van der Waals surface area (Å²) in [5, 5.41) is 9.36. The average molecular weight is 299 g/mol. The molecule has 0 radical (unpaired) electrons. The summed E-state index contributed by atoms with van der Waals surface area (Å²) in [6.07, 6.45) is -0.906. The van der Waals surface area contributed by atoms with E-state index in [2.05, 4.69) is 4.74 Å². The SMILES string of the molecule is COC(=O)c1ccc(N2CCN(C(=O)O)CC2)c(Cl)c1. The fraction of sp³-hybridized carbons (Fsp3) is 0.385. The van der Waals surface area contributed by atoms with Crippen LogP contribution in [-0.4, -0.2) is 55.4 Å². The fourth-order valence-corrected chi connectivity index (χ4v) is 2.45. The van der Waals surface area contributed by atoms with Crippen LogP contribution in [0, 0.1) is 0 Å². The van der Waals surface area contributed by atoms with E-state index in [4.69, 9.17) is 16.7 Å². The minimum Gasteiger partial charge on any atom is -0.465 e. The molecule has 0 aromatic heterocycles. The highest BCUT2D eigenvalue weighted by molar-refractivity contribution is 6.33. The van der Waals surface area contributed by atoms with Crippen molar-refractivity contribution in [2.24, 2.45) is 0 Å². The third-order valence-corrected chi connectivity index (χ3v) is 3.56. The number of nitrogens with zero attached hydrogens (tertiary/aromatic N) is 2. The number of anilines is 1. The summed E-state index contributed by atoms with van der Waals surface area (Å²) in [4.78, 5) is 25.6. The number of amides is 1. The van der Waals surface area contributed by atoms with Crippen LogP contribution in [0.3, 0.4) is 0 Å². The third kappa shape index (κ3) is 2.96. The highest BCUT2D eigenvalue weighted by Crippen LogP contribution is 2.28. The molecule has 1 aromatic rings. The molecule has 1 aliphatic rings. The van der Waals surface area contributed by atoms with Gasteiger partial charge in [-0.05, 0) is 18.2 Å². The Kier molecular flexibility index (Phi) is 4.34. The molecule has 108 valence electrons. The first-order valence-electron chi connectivity index (χ1n) is 6.13. The van der Waals surface area contributed by atoms with Gasteiger partial charge in [0.1, 0.15) is 0 Å². The molecule has 20 heavy (non-hydrogen) atoms. The molecule has 1 aliphatic heterocycles. The highest BCUT2D eigenvalue weighted by atomic mass is 35.5. The van der Waals surface area contributed by atoms with Crippen molar-refractivity contribution in [2.75, 3.05) is 38.2 Å². The molecule has 0 saturated carbocycles. The monoisotopic (exact) mass is 298 g/mol. The van der Waals surface area contributed by atoms with Gasteiger partial charge >= 0.3 is 12.1 Å². The van der Waals surface area contributed by atoms with Crippen molar-refractivity contribution in [1.29, 1.82) is 0 Å². The lowest BCUT2D eigenvalue weighted by Gasteiger charge is -2.35. The van der Waals surface area contributed by atoms with Crippen LogP contribution >= 0.6 is 11.6 Å². The number of rotatable bonds is 2. The summed E-state index contributed by atoms with van der Waals surface area (Å²) in [6, 6.07) is 4.97. The van der Waals surface area contributed by atoms with Crippen LogP contribution < -0.4 is 4.90 Å². The number of benzene rings is 1. The Labute approximate surface area is 121 Å². The third-order valence-electron chi connectivity index (χ3n) is 3.26. The van der Waals surface area contributed by atoms with Gasteiger partial charge in [-0.2, -0.15) is 0 Å². The van der Waals surface area contributed by atoms with Gasteiger partial charge in [-0.25, -0.2) is 9.59 Å². The average Bonchev–Trinajstić information content (AvgIpc) is 2.46. The minimum atomic E-state index is -0.906. The molecular weight excluding hydrogens is 284 g/mol. The lowest BCUT2D eigenvalue weighted by atomic mass is 10.2. The predicted molar refractivity (Wildman–Crippen MR) is 74.6 cm³/mol. The van der Waals surface area contributed by atoms with E-state index in [1.54, 1.807) is 18.2 Å². The first-order chi connectivity index (χ1) is 9.52. The summed E-state index contributed by atoms with van der Waals surface area (Å²) in [5.41, 5.74) is 1.19. The Balaban J connectivity index is 2.11. The molecule has 0 spiro atoms. The van der Waals surface area contributed by atoms with E-state index in [-0.39, 0.29) is 0 Å². The van der Waals surface area contributed by atoms with E-state index in [9.17, 15) is 9.59 Å². The second-order valence-corrected chi connectivity index (χ2v) is 4.82. The van der Waals surface area contributed by atoms with Gasteiger partial charge in [-0.15, -0.1) is 0 Å². The standard InChI is InChI=1S/C13H15ClN2O4/c1-20-12(17)9-2-3-11(10(14)8-9)15-4-6-16(7-5-15)13(18)19/h2-3,8H,4-7H2,1H3,(H,18,19). The summed E-state index contributed by atoms with van der Waals surface area (Å²) in [5.74, 6) is -0.436. The summed E-state index contributed by atoms with van der Waals surface area (Å²) >= 11 is 6.18. The normalized spacial score (nSPS) is 15.1. The van der Waals surface area contributed by atoms with Gasteiger partial charge in [0.2, 0.25) is 0 Å². The van der Waals surface area contributed by atoms with E-state index in [1.807, 2.05) is 4.90 Å². The largest absolute Gasteiger partial charge is 0.465 e. The van der Waals surface area contributed by atoms with E-state index in [1.165, 1.54) is 12.0 Å². The fourth-order valence-electron chi connectivity index (χ4n) is 2.15. The van der Waals surface area contributed by atoms with E-state index in [0.29, 0.717) is 36.8 Å². The smallest absolute Gasteiger partial charge is 0.407 e. The Morgan fingerprint density at radius 3 is 2.40 bits per heavy atom. The number of esters is 1. The molecule has 1 heterocycles. The Morgan fingerprint density at radius 1 is 1.25 bits per heavy atom. The van der Waals surface area contributed by atoms with E-state index >= 15 is 0 Å². The quantitative estimate of drug-likeness (QED) is 0.845. The first-order valence-corrected chi connectivity index (χ1v) is 6.51. The van der Waals surface area contributed by atoms with Crippen molar-refractivity contribution in [1.82, 2.24) is 4.90 Å². The molecular formula is C13H15ClN2O4. The number of ether oxygens (including phenoxy) is 1. The van der Waals surface area contributed by atoms with Crippen LogP contribution in [0.5, 0.6) is 0 Å². The number of carbonyl (C=O) groups excluding carboxylic acids is 1. The molecule has 6 nitrogen and oxygen atoms in total. The maximum absolute atomic E-state index is 11.4. The van der Waals surface area contributed by atoms with Gasteiger partial charge in [0, 0.05) is 26.2 Å². The maximum Gasteiger partial charge on any atom is 0.407 e. The molecule has 0 aliphatic carbocycles. The van der Waals surface area contributed by atoms with Gasteiger partial charge in [0.05, 0.1) is 23.4 Å². The molecule has 0 unspecified atom stereocenters. The van der Waals surface area contributed by atoms with Crippen LogP contribution in [0.4, 0.5) is 10.5 Å². The van der Waals surface area contributed by atoms with E-state index in [0.717, 1.165) is 5.69 Å². The molecule has 0 atom stereocenters. The van der Waals surface area contributed by atoms with Crippen molar-refractivity contribution >= 4 is 29.4 Å². The molecule has 1 fully saturated rings. The van der Waals surface area contributed by atoms with Gasteiger partial charge in [0.25, 0.3) is 0 Å². The van der Waals surface area contributed by atoms with Crippen molar-refractivity contribution in [3.8, 4) is 0 Å². The number of carboxylic acid groups (broad SMARTS) is 1. The first kappa shape index (κ1) is 14.5. The number of methoxy groups -OCH3 is 1. The van der Waals surface area contributed by atoms with Gasteiger partial charge in [0.15, 0.2) is 0 Å². The number of hydrogen-bond acceptors (Lipinski definition) is 4. The highest BCUT2D eigenvalue weighted by Gasteiger charge is 2.22. The number of hydrogen-bond donors (Lipinski definition) is 1. The predicted octanol–water partition coefficient (Wildman–Crippen LogP) is 1.93. The van der Waals surface area contributed by atoms with Crippen molar-refractivity contribution in [2.45, 2.75) is 0 Å². The molecule has 0 bridgehead atoms. The second-order valence-electron chi connectivity index (χ2n) is 4.41. The van der Waals surface area contributed by atoms with Gasteiger partial charge < -0.3 is 19.6 Å². The van der Waals surface area contributed by atoms with Crippen LogP contribution in [-0.2, 0) is 4.74 Å². The lowest BCUT2D eigenvalue weighted by Crippen LogP contribution is -2.48. The van der Waals surface area contributed by atoms with Crippen LogP contribution in [0.15, 0.2) is 18.2 Å². The van der Waals surface area contributed by atoms with Crippen molar-refractivity contribution in [3.05, 3.63) is 28.8 Å². The van der Waals surface area contributed by atoms with Crippen LogP contribution in [0.25, 0.3) is 0 Å². The molecule has 1 N–H and O–H groups in total. The lowest BCUT2D eigenvalue weighted by molar-refractivity contribution is 0.0600. The molecule has 2 rings (SSSR count). The topological polar surface area (TPSA) is 70.1 Å². The second kappa shape index (κ2) is 6.00. The van der Waals surface area contributed by atoms with Crippen molar-refractivity contribution in [3.63, 3.8) is 0 Å². The van der Waals surface area contributed by atoms with E-state index < -0.39 is 12.1 Å². The zero-order chi connectivity index (χ0) is 14.7. The van der Waals surface area contributed by atoms with Gasteiger partial charge in [-0.1, -0.05) is 11.6 Å². The Morgan fingerprint density at radius 2 is 1.90 bits per heavy atom. The minimum absolute atomic E-state index is 0.394. The maximum atomic E-state index is 11.4. The summed E-state index contributed by atoms with van der Waals surface area (Å²) in [7, 11) is 1.31. The van der Waals surface area contributed by atoms with Gasteiger partial charge in [-0.3, -0.25) is 0 Å². The van der Waals surface area contributed by atoms with Crippen molar-refractivity contribution < 1.29 is 19.4 Å². The Hall–Kier alpha value is -1.95.